The van der Waals surface area contributed by atoms with Crippen LogP contribution in [0.4, 0.5) is 0 Å². The molecule has 0 aliphatic heterocycles. The van der Waals surface area contributed by atoms with Crippen molar-refractivity contribution in [3.05, 3.63) is 205 Å². The molecule has 2 aliphatic rings. The van der Waals surface area contributed by atoms with E-state index in [0.717, 1.165) is 16.6 Å². The Morgan fingerprint density at radius 2 is 1.00 bits per heavy atom. The highest BCUT2D eigenvalue weighted by Crippen LogP contribution is 2.64. The van der Waals surface area contributed by atoms with Crippen LogP contribution in [0.1, 0.15) is 22.3 Å². The molecular formula is C53H30N2S. The first kappa shape index (κ1) is 30.4. The minimum absolute atomic E-state index is 0.514. The molecule has 0 amide bonds. The van der Waals surface area contributed by atoms with Gasteiger partial charge in [0.2, 0.25) is 0 Å². The molecule has 3 aromatic heterocycles. The van der Waals surface area contributed by atoms with E-state index in [-0.39, 0.29) is 0 Å². The molecule has 0 N–H and O–H groups in total. The fourth-order valence-corrected chi connectivity index (χ4v) is 11.5. The van der Waals surface area contributed by atoms with Gasteiger partial charge in [-0.25, -0.2) is 0 Å². The first-order valence-corrected chi connectivity index (χ1v) is 20.0. The van der Waals surface area contributed by atoms with Crippen LogP contribution in [0.3, 0.4) is 0 Å². The molecule has 1 atom stereocenters. The summed E-state index contributed by atoms with van der Waals surface area (Å²) in [5.41, 5.74) is 15.5. The summed E-state index contributed by atoms with van der Waals surface area (Å²) in [6, 6.07) is 63.2. The van der Waals surface area contributed by atoms with Crippen molar-refractivity contribution in [2.45, 2.75) is 5.41 Å². The Labute approximate surface area is 327 Å². The number of rotatable bonds is 2. The maximum atomic E-state index is 5.14. The van der Waals surface area contributed by atoms with E-state index in [1.165, 1.54) is 103 Å². The number of pyridine rings is 2. The summed E-state index contributed by atoms with van der Waals surface area (Å²) in [6.45, 7) is 0. The van der Waals surface area contributed by atoms with Gasteiger partial charge < -0.3 is 0 Å². The van der Waals surface area contributed by atoms with E-state index in [9.17, 15) is 0 Å². The monoisotopic (exact) mass is 726 g/mol. The second kappa shape index (κ2) is 11.1. The number of nitrogens with zero attached hydrogens (tertiary/aromatic N) is 2. The van der Waals surface area contributed by atoms with Gasteiger partial charge in [0, 0.05) is 43.5 Å². The molecule has 2 nitrogen and oxygen atoms in total. The van der Waals surface area contributed by atoms with E-state index in [0.29, 0.717) is 0 Å². The molecule has 1 unspecified atom stereocenters. The molecular weight excluding hydrogens is 697 g/mol. The fraction of sp³-hybridized carbons (Fsp3) is 0.0189. The molecule has 0 saturated heterocycles. The summed E-state index contributed by atoms with van der Waals surface area (Å²) in [6.07, 6.45) is 3.83. The third-order valence-electron chi connectivity index (χ3n) is 12.6. The first-order valence-electron chi connectivity index (χ1n) is 19.2. The summed E-state index contributed by atoms with van der Waals surface area (Å²) in [4.78, 5) is 9.87. The third kappa shape index (κ3) is 3.80. The van der Waals surface area contributed by atoms with Gasteiger partial charge in [-0.2, -0.15) is 0 Å². The topological polar surface area (TPSA) is 25.8 Å². The highest BCUT2D eigenvalue weighted by atomic mass is 32.1. The average molecular weight is 727 g/mol. The van der Waals surface area contributed by atoms with Crippen molar-refractivity contribution >= 4 is 64.0 Å². The van der Waals surface area contributed by atoms with Crippen LogP contribution in [0.5, 0.6) is 0 Å². The summed E-state index contributed by atoms with van der Waals surface area (Å²) in [5.74, 6) is 0. The molecule has 0 radical (unpaired) electrons. The number of hydrogen-bond acceptors (Lipinski definition) is 3. The predicted octanol–water partition coefficient (Wildman–Crippen LogP) is 14.0. The normalized spacial score (nSPS) is 15.2. The summed E-state index contributed by atoms with van der Waals surface area (Å²) >= 11 is 1.89. The van der Waals surface area contributed by atoms with Crippen molar-refractivity contribution in [3.63, 3.8) is 0 Å². The first-order chi connectivity index (χ1) is 27.8. The molecule has 0 saturated carbocycles. The summed E-state index contributed by atoms with van der Waals surface area (Å²) < 4.78 is 2.65. The van der Waals surface area contributed by atoms with Crippen LogP contribution in [0, 0.1) is 0 Å². The Kier molecular flexibility index (Phi) is 6.01. The number of thiophene rings is 1. The van der Waals surface area contributed by atoms with Crippen LogP contribution in [0.15, 0.2) is 182 Å². The zero-order chi connectivity index (χ0) is 36.5. The van der Waals surface area contributed by atoms with Crippen molar-refractivity contribution in [3.8, 4) is 44.6 Å². The van der Waals surface area contributed by atoms with E-state index in [1.807, 2.05) is 29.8 Å². The minimum atomic E-state index is -0.514. The molecule has 2 aliphatic carbocycles. The number of aromatic nitrogens is 2. The lowest BCUT2D eigenvalue weighted by Gasteiger charge is -2.30. The standard InChI is InChI=1S/C53H30N2S/c1-3-16-38-36(14-1)50(37-15-2-4-17-39(37)51(38)35-18-9-22-47-33(35)19-10-26-54-47)31-24-25-40-45(28-31)53(44-21-11-27-55-52(40)44)43-20-7-5-12-32(43)41-30-49-42(29-46(41)53)34-13-6-8-23-48(34)56-49/h1-30H. The van der Waals surface area contributed by atoms with Gasteiger partial charge in [-0.15, -0.1) is 11.3 Å². The van der Waals surface area contributed by atoms with Gasteiger partial charge in [0.05, 0.1) is 16.6 Å². The largest absolute Gasteiger partial charge is 0.256 e. The third-order valence-corrected chi connectivity index (χ3v) is 13.7. The minimum Gasteiger partial charge on any atom is -0.256 e. The quantitative estimate of drug-likeness (QED) is 0.166. The average Bonchev–Trinajstić information content (AvgIpc) is 3.88. The molecule has 8 aromatic carbocycles. The number of benzene rings is 8. The van der Waals surface area contributed by atoms with Crippen LogP contribution >= 0.6 is 11.3 Å². The second-order valence-corrected chi connectivity index (χ2v) is 16.2. The second-order valence-electron chi connectivity index (χ2n) is 15.2. The smallest absolute Gasteiger partial charge is 0.0753 e. The van der Waals surface area contributed by atoms with Gasteiger partial charge in [0.15, 0.2) is 0 Å². The molecule has 11 aromatic rings. The number of fused-ring (bicyclic) bond motifs is 16. The van der Waals surface area contributed by atoms with Gasteiger partial charge >= 0.3 is 0 Å². The molecule has 56 heavy (non-hydrogen) atoms. The molecule has 3 heteroatoms. The van der Waals surface area contributed by atoms with E-state index in [4.69, 9.17) is 9.97 Å². The zero-order valence-corrected chi connectivity index (χ0v) is 30.9. The Morgan fingerprint density at radius 1 is 0.357 bits per heavy atom. The summed E-state index contributed by atoms with van der Waals surface area (Å²) in [5, 5.41) is 8.75. The predicted molar refractivity (Wildman–Crippen MR) is 235 cm³/mol. The molecule has 1 spiro atoms. The molecule has 3 heterocycles. The maximum Gasteiger partial charge on any atom is 0.0753 e. The Bertz CT molecular complexity index is 3440. The van der Waals surface area contributed by atoms with Crippen molar-refractivity contribution < 1.29 is 0 Å². The Morgan fingerprint density at radius 3 is 1.84 bits per heavy atom. The van der Waals surface area contributed by atoms with E-state index >= 15 is 0 Å². The lowest BCUT2D eigenvalue weighted by atomic mass is 9.70. The van der Waals surface area contributed by atoms with Gasteiger partial charge in [-0.3, -0.25) is 9.97 Å². The van der Waals surface area contributed by atoms with Crippen LogP contribution < -0.4 is 0 Å². The molecule has 0 bridgehead atoms. The highest BCUT2D eigenvalue weighted by Gasteiger charge is 2.52. The van der Waals surface area contributed by atoms with Crippen LogP contribution in [0.25, 0.3) is 97.3 Å². The Balaban J connectivity index is 1.14. The van der Waals surface area contributed by atoms with Gasteiger partial charge in [-0.1, -0.05) is 127 Å². The van der Waals surface area contributed by atoms with Crippen LogP contribution in [-0.4, -0.2) is 9.97 Å². The van der Waals surface area contributed by atoms with Crippen LogP contribution in [0.2, 0.25) is 0 Å². The maximum absolute atomic E-state index is 5.14. The van der Waals surface area contributed by atoms with Crippen molar-refractivity contribution in [1.82, 2.24) is 9.97 Å². The van der Waals surface area contributed by atoms with E-state index in [2.05, 4.69) is 164 Å². The molecule has 0 fully saturated rings. The Hall–Kier alpha value is -6.94. The summed E-state index contributed by atoms with van der Waals surface area (Å²) in [7, 11) is 0. The van der Waals surface area contributed by atoms with Gasteiger partial charge in [-0.05, 0) is 120 Å². The zero-order valence-electron chi connectivity index (χ0n) is 30.1. The highest BCUT2D eigenvalue weighted by molar-refractivity contribution is 7.25. The molecule has 13 rings (SSSR count). The van der Waals surface area contributed by atoms with Gasteiger partial charge in [0.1, 0.15) is 0 Å². The van der Waals surface area contributed by atoms with Crippen molar-refractivity contribution in [1.29, 1.82) is 0 Å². The van der Waals surface area contributed by atoms with Gasteiger partial charge in [0.25, 0.3) is 0 Å². The van der Waals surface area contributed by atoms with Crippen LogP contribution in [-0.2, 0) is 5.41 Å². The number of hydrogen-bond donors (Lipinski definition) is 0. The fourth-order valence-electron chi connectivity index (χ4n) is 10.4. The lowest BCUT2D eigenvalue weighted by Crippen LogP contribution is -2.26. The molecule has 258 valence electrons. The SMILES string of the molecule is c1ccc2c(c1)-c1cc3sc4ccccc4c3cc1C21c2cc(-c3c4ccccc4c(-c4cccc5ncccc45)c4ccccc34)ccc2-c2ncccc21. The lowest BCUT2D eigenvalue weighted by molar-refractivity contribution is 0.793. The van der Waals surface area contributed by atoms with E-state index < -0.39 is 5.41 Å². The van der Waals surface area contributed by atoms with E-state index in [1.54, 1.807) is 0 Å². The van der Waals surface area contributed by atoms with Crippen molar-refractivity contribution in [2.75, 3.05) is 0 Å². The van der Waals surface area contributed by atoms with Crippen molar-refractivity contribution in [2.24, 2.45) is 0 Å².